The van der Waals surface area contributed by atoms with Crippen LogP contribution in [0.2, 0.25) is 0 Å². The monoisotopic (exact) mass is 331 g/mol. The van der Waals surface area contributed by atoms with Crippen molar-refractivity contribution in [2.24, 2.45) is 0 Å². The molecular weight excluding hydrogens is 321 g/mol. The second-order valence-corrected chi connectivity index (χ2v) is 4.63. The third kappa shape index (κ3) is 4.36. The number of aliphatic carboxylic acids is 1. The van der Waals surface area contributed by atoms with Crippen LogP contribution in [0.5, 0.6) is 0 Å². The van der Waals surface area contributed by atoms with Crippen molar-refractivity contribution in [2.75, 3.05) is 7.05 Å². The molecule has 0 aliphatic rings. The highest BCUT2D eigenvalue weighted by molar-refractivity contribution is 9.10. The third-order valence-corrected chi connectivity index (χ3v) is 2.87. The van der Waals surface area contributed by atoms with E-state index in [-0.39, 0.29) is 11.0 Å². The number of aliphatic hydroxyl groups excluding tert-OH is 1. The van der Waals surface area contributed by atoms with E-state index in [4.69, 9.17) is 10.2 Å². The zero-order valence-electron chi connectivity index (χ0n) is 9.93. The van der Waals surface area contributed by atoms with E-state index in [1.165, 1.54) is 30.1 Å². The van der Waals surface area contributed by atoms with Gasteiger partial charge in [0.1, 0.15) is 5.82 Å². The van der Waals surface area contributed by atoms with E-state index < -0.39 is 23.5 Å². The molecule has 0 radical (unpaired) electrons. The molecule has 0 bridgehead atoms. The van der Waals surface area contributed by atoms with Crippen LogP contribution in [0.15, 0.2) is 34.5 Å². The van der Waals surface area contributed by atoms with Gasteiger partial charge in [-0.1, -0.05) is 6.07 Å². The molecule has 1 rings (SSSR count). The van der Waals surface area contributed by atoms with Crippen LogP contribution in [0.4, 0.5) is 4.39 Å². The highest BCUT2D eigenvalue weighted by Gasteiger charge is 2.12. The number of carboxylic acid groups (broad SMARTS) is 1. The van der Waals surface area contributed by atoms with Crippen molar-refractivity contribution in [1.29, 1.82) is 0 Å². The van der Waals surface area contributed by atoms with Crippen LogP contribution in [0.25, 0.3) is 0 Å². The van der Waals surface area contributed by atoms with Crippen molar-refractivity contribution < 1.29 is 24.2 Å². The first-order chi connectivity index (χ1) is 8.81. The Labute approximate surface area is 117 Å². The van der Waals surface area contributed by atoms with Crippen molar-refractivity contribution in [3.05, 3.63) is 45.9 Å². The second kappa shape index (κ2) is 6.33. The molecule has 0 aliphatic heterocycles. The normalized spacial score (nSPS) is 11.2. The van der Waals surface area contributed by atoms with E-state index in [9.17, 15) is 14.0 Å². The van der Waals surface area contributed by atoms with Crippen LogP contribution >= 0.6 is 15.9 Å². The number of rotatable bonds is 4. The fourth-order valence-corrected chi connectivity index (χ4v) is 1.70. The van der Waals surface area contributed by atoms with Crippen LogP contribution in [-0.2, 0) is 16.1 Å². The third-order valence-electron chi connectivity index (χ3n) is 2.26. The first kappa shape index (κ1) is 15.2. The highest BCUT2D eigenvalue weighted by atomic mass is 79.9. The van der Waals surface area contributed by atoms with Gasteiger partial charge in [-0.05, 0) is 33.6 Å². The zero-order valence-corrected chi connectivity index (χ0v) is 11.5. The van der Waals surface area contributed by atoms with Gasteiger partial charge >= 0.3 is 5.97 Å². The van der Waals surface area contributed by atoms with Crippen molar-refractivity contribution >= 4 is 27.8 Å². The van der Waals surface area contributed by atoms with E-state index in [0.717, 1.165) is 0 Å². The minimum absolute atomic E-state index is 0.154. The molecule has 102 valence electrons. The van der Waals surface area contributed by atoms with Crippen LogP contribution in [0, 0.1) is 5.82 Å². The summed E-state index contributed by atoms with van der Waals surface area (Å²) in [6.07, 6.45) is 0.612. The van der Waals surface area contributed by atoms with Gasteiger partial charge in [-0.2, -0.15) is 0 Å². The lowest BCUT2D eigenvalue weighted by atomic mass is 10.2. The van der Waals surface area contributed by atoms with Crippen molar-refractivity contribution in [3.63, 3.8) is 0 Å². The van der Waals surface area contributed by atoms with Crippen LogP contribution in [-0.4, -0.2) is 34.0 Å². The molecule has 0 atom stereocenters. The van der Waals surface area contributed by atoms with Gasteiger partial charge in [-0.15, -0.1) is 0 Å². The number of hydrogen-bond donors (Lipinski definition) is 2. The summed E-state index contributed by atoms with van der Waals surface area (Å²) in [7, 11) is 1.44. The summed E-state index contributed by atoms with van der Waals surface area (Å²) in [6, 6.07) is 4.27. The van der Waals surface area contributed by atoms with Crippen molar-refractivity contribution in [2.45, 2.75) is 6.54 Å². The topological polar surface area (TPSA) is 77.8 Å². The summed E-state index contributed by atoms with van der Waals surface area (Å²) in [5.41, 5.74) is 0.660. The molecule has 1 amide bonds. The predicted octanol–water partition coefficient (Wildman–Crippen LogP) is 2.07. The molecule has 0 aliphatic carbocycles. The summed E-state index contributed by atoms with van der Waals surface area (Å²) in [5.74, 6) is -3.69. The molecule has 2 N–H and O–H groups in total. The number of carbonyl (C=O) groups excluding carboxylic acids is 1. The zero-order chi connectivity index (χ0) is 14.6. The number of likely N-dealkylation sites (N-methyl/N-ethyl adjacent to an activating group) is 1. The fraction of sp³-hybridized carbons (Fsp3) is 0.167. The molecule has 7 heteroatoms. The molecule has 0 saturated carbocycles. The minimum atomic E-state index is -1.58. The van der Waals surface area contributed by atoms with Crippen molar-refractivity contribution in [3.8, 4) is 0 Å². The molecule has 0 heterocycles. The number of nitrogens with zero attached hydrogens (tertiary/aromatic N) is 1. The summed E-state index contributed by atoms with van der Waals surface area (Å²) in [6.45, 7) is 0.154. The minimum Gasteiger partial charge on any atom is -0.502 e. The molecule has 19 heavy (non-hydrogen) atoms. The molecular formula is C12H11BrFNO4. The largest absolute Gasteiger partial charge is 0.502 e. The van der Waals surface area contributed by atoms with Gasteiger partial charge in [-0.25, -0.2) is 9.18 Å². The first-order valence-electron chi connectivity index (χ1n) is 5.14. The van der Waals surface area contributed by atoms with Gasteiger partial charge in [0.25, 0.3) is 5.91 Å². The average molecular weight is 332 g/mol. The Balaban J connectivity index is 2.76. The number of hydrogen-bond acceptors (Lipinski definition) is 3. The molecule has 1 aromatic carbocycles. The van der Waals surface area contributed by atoms with Gasteiger partial charge in [0, 0.05) is 13.6 Å². The standard InChI is InChI=1S/C12H11BrFNO4/c1-15(11(17)5-10(16)12(18)19)6-7-2-3-9(14)8(13)4-7/h2-5,16H,6H2,1H3,(H,18,19)/b10-5-. The Morgan fingerprint density at radius 3 is 2.58 bits per heavy atom. The van der Waals surface area contributed by atoms with E-state index in [0.29, 0.717) is 11.6 Å². The van der Waals surface area contributed by atoms with Crippen LogP contribution in [0.3, 0.4) is 0 Å². The molecule has 0 spiro atoms. The van der Waals surface area contributed by atoms with E-state index >= 15 is 0 Å². The SMILES string of the molecule is CN(Cc1ccc(F)c(Br)c1)C(=O)/C=C(\O)C(=O)O. The maximum Gasteiger partial charge on any atom is 0.371 e. The van der Waals surface area contributed by atoms with Gasteiger partial charge < -0.3 is 15.1 Å². The number of aliphatic hydroxyl groups is 1. The Morgan fingerprint density at radius 2 is 2.05 bits per heavy atom. The number of carboxylic acids is 1. The van der Waals surface area contributed by atoms with Crippen molar-refractivity contribution in [1.82, 2.24) is 4.90 Å². The molecule has 1 aromatic rings. The van der Waals surface area contributed by atoms with Gasteiger partial charge in [0.05, 0.1) is 10.5 Å². The lowest BCUT2D eigenvalue weighted by molar-refractivity contribution is -0.136. The number of amides is 1. The highest BCUT2D eigenvalue weighted by Crippen LogP contribution is 2.17. The van der Waals surface area contributed by atoms with Gasteiger partial charge in [-0.3, -0.25) is 4.79 Å². The Bertz CT molecular complexity index is 545. The lowest BCUT2D eigenvalue weighted by Crippen LogP contribution is -2.25. The summed E-state index contributed by atoms with van der Waals surface area (Å²) in [5, 5.41) is 17.4. The van der Waals surface area contributed by atoms with Crippen LogP contribution < -0.4 is 0 Å². The Morgan fingerprint density at radius 1 is 1.42 bits per heavy atom. The fourth-order valence-electron chi connectivity index (χ4n) is 1.28. The maximum atomic E-state index is 13.0. The van der Waals surface area contributed by atoms with E-state index in [1.54, 1.807) is 0 Å². The Kier molecular flexibility index (Phi) is 5.05. The predicted molar refractivity (Wildman–Crippen MR) is 68.9 cm³/mol. The van der Waals surface area contributed by atoms with Gasteiger partial charge in [0.2, 0.25) is 5.76 Å². The number of benzene rings is 1. The molecule has 0 aromatic heterocycles. The second-order valence-electron chi connectivity index (χ2n) is 3.78. The molecule has 0 fully saturated rings. The van der Waals surface area contributed by atoms with E-state index in [1.807, 2.05) is 0 Å². The quantitative estimate of drug-likeness (QED) is 0.654. The molecule has 0 saturated heterocycles. The summed E-state index contributed by atoms with van der Waals surface area (Å²) < 4.78 is 13.3. The molecule has 0 unspecified atom stereocenters. The van der Waals surface area contributed by atoms with Gasteiger partial charge in [0.15, 0.2) is 0 Å². The number of carbonyl (C=O) groups is 2. The smallest absolute Gasteiger partial charge is 0.371 e. The molecule has 5 nitrogen and oxygen atoms in total. The maximum absolute atomic E-state index is 13.0. The number of halogens is 2. The average Bonchev–Trinajstić information content (AvgIpc) is 2.33. The Hall–Kier alpha value is -1.89. The van der Waals surface area contributed by atoms with Crippen LogP contribution in [0.1, 0.15) is 5.56 Å². The summed E-state index contributed by atoms with van der Waals surface area (Å²) in [4.78, 5) is 23.1. The lowest BCUT2D eigenvalue weighted by Gasteiger charge is -2.15. The first-order valence-corrected chi connectivity index (χ1v) is 5.93. The van der Waals surface area contributed by atoms with E-state index in [2.05, 4.69) is 15.9 Å². The summed E-state index contributed by atoms with van der Waals surface area (Å²) >= 11 is 3.02.